The lowest BCUT2D eigenvalue weighted by atomic mass is 10.1. The number of halogens is 2. The number of aromatic nitrogens is 3. The number of nitrogens with one attached hydrogen (secondary N) is 2. The summed E-state index contributed by atoms with van der Waals surface area (Å²) in [6, 6.07) is 12.1. The fourth-order valence-electron chi connectivity index (χ4n) is 3.15. The number of rotatable bonds is 7. The fourth-order valence-corrected chi connectivity index (χ4v) is 3.15. The standard InChI is InChI=1S/C23H17F2N5O4/c24-16-6-3-14(9-17(16)25)12-27-22(32)19-10-18(29-20-7-8-28-30(19)20)21(31)26-11-13-1-4-15(5-2-13)23(33)34/h1-10H,11-12H2,(H,26,31)(H,27,32)(H,33,34). The lowest BCUT2D eigenvalue weighted by Gasteiger charge is -2.10. The van der Waals surface area contributed by atoms with Gasteiger partial charge >= 0.3 is 5.97 Å². The highest BCUT2D eigenvalue weighted by Crippen LogP contribution is 2.11. The van der Waals surface area contributed by atoms with Crippen molar-refractivity contribution in [3.05, 3.63) is 101 Å². The van der Waals surface area contributed by atoms with Crippen LogP contribution in [0.3, 0.4) is 0 Å². The average Bonchev–Trinajstić information content (AvgIpc) is 3.31. The molecule has 0 saturated carbocycles. The molecular formula is C23H17F2N5O4. The van der Waals surface area contributed by atoms with Gasteiger partial charge in [-0.25, -0.2) is 23.1 Å². The van der Waals surface area contributed by atoms with E-state index in [1.807, 2.05) is 0 Å². The van der Waals surface area contributed by atoms with Gasteiger partial charge in [-0.2, -0.15) is 5.10 Å². The Morgan fingerprint density at radius 3 is 2.24 bits per heavy atom. The number of benzene rings is 2. The molecule has 0 unspecified atom stereocenters. The molecule has 0 saturated heterocycles. The first-order chi connectivity index (χ1) is 16.3. The van der Waals surface area contributed by atoms with Crippen molar-refractivity contribution in [1.29, 1.82) is 0 Å². The van der Waals surface area contributed by atoms with Crippen LogP contribution in [-0.4, -0.2) is 37.5 Å². The van der Waals surface area contributed by atoms with Crippen LogP contribution in [-0.2, 0) is 13.1 Å². The Kier molecular flexibility index (Phi) is 6.26. The molecule has 0 bridgehead atoms. The molecule has 0 radical (unpaired) electrons. The minimum atomic E-state index is -1.05. The number of hydrogen-bond donors (Lipinski definition) is 3. The number of carboxylic acids is 1. The second-order valence-corrected chi connectivity index (χ2v) is 7.24. The summed E-state index contributed by atoms with van der Waals surface area (Å²) < 4.78 is 27.8. The number of amides is 2. The molecule has 34 heavy (non-hydrogen) atoms. The second-order valence-electron chi connectivity index (χ2n) is 7.24. The molecule has 9 nitrogen and oxygen atoms in total. The largest absolute Gasteiger partial charge is 0.478 e. The topological polar surface area (TPSA) is 126 Å². The van der Waals surface area contributed by atoms with Crippen molar-refractivity contribution in [3.63, 3.8) is 0 Å². The molecule has 0 atom stereocenters. The Bertz CT molecular complexity index is 1400. The maximum Gasteiger partial charge on any atom is 0.335 e. The number of carbonyl (C=O) groups is 3. The van der Waals surface area contributed by atoms with Crippen LogP contribution >= 0.6 is 0 Å². The van der Waals surface area contributed by atoms with E-state index in [2.05, 4.69) is 20.7 Å². The maximum atomic E-state index is 13.4. The number of hydrogen-bond acceptors (Lipinski definition) is 5. The molecule has 4 aromatic rings. The Hall–Kier alpha value is -4.67. The highest BCUT2D eigenvalue weighted by atomic mass is 19.2. The van der Waals surface area contributed by atoms with Crippen LogP contribution in [0.2, 0.25) is 0 Å². The summed E-state index contributed by atoms with van der Waals surface area (Å²) in [6.07, 6.45) is 1.42. The molecule has 0 aliphatic carbocycles. The summed E-state index contributed by atoms with van der Waals surface area (Å²) in [4.78, 5) is 40.6. The van der Waals surface area contributed by atoms with Gasteiger partial charge in [0.05, 0.1) is 11.8 Å². The van der Waals surface area contributed by atoms with Crippen LogP contribution in [0, 0.1) is 11.6 Å². The lowest BCUT2D eigenvalue weighted by Crippen LogP contribution is -2.28. The highest BCUT2D eigenvalue weighted by Gasteiger charge is 2.18. The maximum absolute atomic E-state index is 13.4. The predicted octanol–water partition coefficient (Wildman–Crippen LogP) is 2.57. The lowest BCUT2D eigenvalue weighted by molar-refractivity contribution is 0.0696. The van der Waals surface area contributed by atoms with E-state index in [0.717, 1.165) is 12.1 Å². The molecule has 2 heterocycles. The van der Waals surface area contributed by atoms with E-state index in [-0.39, 0.29) is 35.7 Å². The van der Waals surface area contributed by atoms with Gasteiger partial charge in [0, 0.05) is 25.2 Å². The molecule has 2 amide bonds. The fraction of sp³-hybridized carbons (Fsp3) is 0.0870. The smallest absolute Gasteiger partial charge is 0.335 e. The van der Waals surface area contributed by atoms with Crippen molar-refractivity contribution in [1.82, 2.24) is 25.2 Å². The van der Waals surface area contributed by atoms with E-state index in [4.69, 9.17) is 5.11 Å². The first-order valence-electron chi connectivity index (χ1n) is 9.99. The Morgan fingerprint density at radius 2 is 1.53 bits per heavy atom. The van der Waals surface area contributed by atoms with E-state index >= 15 is 0 Å². The Balaban J connectivity index is 1.49. The van der Waals surface area contributed by atoms with E-state index in [9.17, 15) is 23.2 Å². The summed E-state index contributed by atoms with van der Waals surface area (Å²) in [5.41, 5.74) is 1.40. The third kappa shape index (κ3) is 4.88. The van der Waals surface area contributed by atoms with Gasteiger partial charge in [0.2, 0.25) is 0 Å². The van der Waals surface area contributed by atoms with Crippen LogP contribution in [0.25, 0.3) is 5.65 Å². The minimum Gasteiger partial charge on any atom is -0.478 e. The third-order valence-electron chi connectivity index (χ3n) is 4.92. The normalized spacial score (nSPS) is 10.8. The van der Waals surface area contributed by atoms with Gasteiger partial charge < -0.3 is 15.7 Å². The van der Waals surface area contributed by atoms with Crippen molar-refractivity contribution in [3.8, 4) is 0 Å². The zero-order valence-electron chi connectivity index (χ0n) is 17.5. The van der Waals surface area contributed by atoms with Gasteiger partial charge in [-0.1, -0.05) is 18.2 Å². The number of carbonyl (C=O) groups excluding carboxylic acids is 2. The van der Waals surface area contributed by atoms with Crippen LogP contribution in [0.15, 0.2) is 60.8 Å². The first kappa shape index (κ1) is 22.5. The minimum absolute atomic E-state index is 0.0218. The molecule has 4 rings (SSSR count). The van der Waals surface area contributed by atoms with Gasteiger partial charge in [0.25, 0.3) is 11.8 Å². The van der Waals surface area contributed by atoms with E-state index in [1.54, 1.807) is 12.1 Å². The van der Waals surface area contributed by atoms with Gasteiger partial charge in [-0.15, -0.1) is 0 Å². The Labute approximate surface area is 191 Å². The molecule has 0 aliphatic rings. The van der Waals surface area contributed by atoms with E-state index < -0.39 is 29.4 Å². The first-order valence-corrected chi connectivity index (χ1v) is 9.99. The zero-order chi connectivity index (χ0) is 24.2. The molecule has 172 valence electrons. The summed E-state index contributed by atoms with van der Waals surface area (Å²) in [5, 5.41) is 18.3. The number of carboxylic acid groups (broad SMARTS) is 1. The molecule has 2 aromatic carbocycles. The molecule has 3 N–H and O–H groups in total. The van der Waals surface area contributed by atoms with Crippen molar-refractivity contribution < 1.29 is 28.3 Å². The monoisotopic (exact) mass is 465 g/mol. The quantitative estimate of drug-likeness (QED) is 0.385. The van der Waals surface area contributed by atoms with Gasteiger partial charge in [-0.05, 0) is 35.4 Å². The summed E-state index contributed by atoms with van der Waals surface area (Å²) in [5.74, 6) is -4.22. The van der Waals surface area contributed by atoms with Gasteiger partial charge in [-0.3, -0.25) is 9.59 Å². The van der Waals surface area contributed by atoms with Gasteiger partial charge in [0.1, 0.15) is 11.4 Å². The third-order valence-corrected chi connectivity index (χ3v) is 4.92. The SMILES string of the molecule is O=C(O)c1ccc(CNC(=O)c2cc(C(=O)NCc3ccc(F)c(F)c3)n3nccc3n2)cc1. The van der Waals surface area contributed by atoms with E-state index in [1.165, 1.54) is 41.0 Å². The van der Waals surface area contributed by atoms with Gasteiger partial charge in [0.15, 0.2) is 17.3 Å². The Morgan fingerprint density at radius 1 is 0.853 bits per heavy atom. The zero-order valence-corrected chi connectivity index (χ0v) is 17.5. The van der Waals surface area contributed by atoms with Crippen LogP contribution in [0.1, 0.15) is 42.5 Å². The summed E-state index contributed by atoms with van der Waals surface area (Å²) >= 11 is 0. The second kappa shape index (κ2) is 9.45. The average molecular weight is 465 g/mol. The molecule has 0 aliphatic heterocycles. The summed E-state index contributed by atoms with van der Waals surface area (Å²) in [6.45, 7) is 0.0392. The molecule has 0 fully saturated rings. The summed E-state index contributed by atoms with van der Waals surface area (Å²) in [7, 11) is 0. The number of nitrogens with zero attached hydrogens (tertiary/aromatic N) is 3. The molecular weight excluding hydrogens is 448 g/mol. The van der Waals surface area contributed by atoms with Crippen molar-refractivity contribution in [2.75, 3.05) is 0 Å². The molecule has 0 spiro atoms. The molecule has 2 aromatic heterocycles. The van der Waals surface area contributed by atoms with Crippen molar-refractivity contribution in [2.24, 2.45) is 0 Å². The van der Waals surface area contributed by atoms with Crippen molar-refractivity contribution >= 4 is 23.4 Å². The van der Waals surface area contributed by atoms with Crippen molar-refractivity contribution in [2.45, 2.75) is 13.1 Å². The van der Waals surface area contributed by atoms with Crippen LogP contribution in [0.5, 0.6) is 0 Å². The molecule has 11 heteroatoms. The van der Waals surface area contributed by atoms with Crippen LogP contribution < -0.4 is 10.6 Å². The highest BCUT2D eigenvalue weighted by molar-refractivity contribution is 5.98. The number of fused-ring (bicyclic) bond motifs is 1. The van der Waals surface area contributed by atoms with E-state index in [0.29, 0.717) is 11.1 Å². The predicted molar refractivity (Wildman–Crippen MR) is 115 cm³/mol. The van der Waals surface area contributed by atoms with Crippen LogP contribution in [0.4, 0.5) is 8.78 Å². The number of aromatic carboxylic acids is 1.